The number of H-pyrrole nitrogens is 1. The quantitative estimate of drug-likeness (QED) is 0.446. The van der Waals surface area contributed by atoms with Crippen LogP contribution in [-0.2, 0) is 15.1 Å². The SMILES string of the molecule is c1nc(SCc2ccc(B3OCCCCO3)cc2)c2nc[nH]c2n1. The Bertz CT molecular complexity index is 803. The number of aromatic nitrogens is 4. The lowest BCUT2D eigenvalue weighted by Crippen LogP contribution is -2.36. The summed E-state index contributed by atoms with van der Waals surface area (Å²) in [6, 6.07) is 8.39. The number of nitrogens with zero attached hydrogens (tertiary/aromatic N) is 3. The van der Waals surface area contributed by atoms with Gasteiger partial charge >= 0.3 is 7.12 Å². The molecule has 1 fully saturated rings. The van der Waals surface area contributed by atoms with Crippen LogP contribution in [0.25, 0.3) is 11.2 Å². The van der Waals surface area contributed by atoms with Crippen molar-refractivity contribution in [3.05, 3.63) is 42.5 Å². The number of aromatic amines is 1. The second-order valence-electron chi connectivity index (χ2n) is 5.59. The van der Waals surface area contributed by atoms with Gasteiger partial charge in [0, 0.05) is 19.0 Å². The Morgan fingerprint density at radius 3 is 2.62 bits per heavy atom. The molecular formula is C16H17BN4O2S. The standard InChI is InChI=1S/C16H17BN4O2S/c1-2-8-23-17(22-7-1)13-5-3-12(4-6-13)9-24-16-14-15(19-10-18-14)20-11-21-16/h3-6,10-11H,1-2,7-9H2,(H,18,19,20,21). The molecule has 0 bridgehead atoms. The second kappa shape index (κ2) is 7.33. The van der Waals surface area contributed by atoms with Crippen molar-refractivity contribution in [2.24, 2.45) is 0 Å². The zero-order chi connectivity index (χ0) is 16.2. The molecule has 0 amide bonds. The monoisotopic (exact) mass is 340 g/mol. The van der Waals surface area contributed by atoms with E-state index >= 15 is 0 Å². The van der Waals surface area contributed by atoms with Gasteiger partial charge in [0.2, 0.25) is 0 Å². The zero-order valence-electron chi connectivity index (χ0n) is 13.1. The van der Waals surface area contributed by atoms with E-state index in [9.17, 15) is 0 Å². The van der Waals surface area contributed by atoms with Crippen molar-refractivity contribution in [2.45, 2.75) is 23.6 Å². The van der Waals surface area contributed by atoms with Crippen LogP contribution in [0.3, 0.4) is 0 Å². The summed E-state index contributed by atoms with van der Waals surface area (Å²) >= 11 is 1.66. The summed E-state index contributed by atoms with van der Waals surface area (Å²) in [5.74, 6) is 0.825. The molecule has 24 heavy (non-hydrogen) atoms. The second-order valence-corrected chi connectivity index (χ2v) is 6.55. The molecular weight excluding hydrogens is 323 g/mol. The Morgan fingerprint density at radius 1 is 1.04 bits per heavy atom. The molecule has 1 saturated heterocycles. The fourth-order valence-corrected chi connectivity index (χ4v) is 3.50. The van der Waals surface area contributed by atoms with Crippen LogP contribution in [0.1, 0.15) is 18.4 Å². The Labute approximate surface area is 144 Å². The maximum atomic E-state index is 5.74. The number of rotatable bonds is 4. The van der Waals surface area contributed by atoms with Gasteiger partial charge in [0.15, 0.2) is 5.65 Å². The molecule has 0 atom stereocenters. The van der Waals surface area contributed by atoms with Gasteiger partial charge in [0.05, 0.1) is 6.33 Å². The van der Waals surface area contributed by atoms with Crippen LogP contribution >= 0.6 is 11.8 Å². The minimum Gasteiger partial charge on any atom is -0.407 e. The molecule has 0 unspecified atom stereocenters. The maximum absolute atomic E-state index is 5.74. The first kappa shape index (κ1) is 15.6. The third-order valence-corrected chi connectivity index (χ3v) is 4.94. The predicted molar refractivity (Wildman–Crippen MR) is 94.2 cm³/mol. The van der Waals surface area contributed by atoms with Crippen molar-refractivity contribution in [3.8, 4) is 0 Å². The van der Waals surface area contributed by atoms with Gasteiger partial charge < -0.3 is 14.3 Å². The minimum absolute atomic E-state index is 0.236. The van der Waals surface area contributed by atoms with E-state index in [0.29, 0.717) is 0 Å². The Morgan fingerprint density at radius 2 is 1.83 bits per heavy atom. The average Bonchev–Trinajstić information content (AvgIpc) is 2.95. The van der Waals surface area contributed by atoms with Crippen molar-refractivity contribution in [1.29, 1.82) is 0 Å². The summed E-state index contributed by atoms with van der Waals surface area (Å²) in [7, 11) is -0.236. The van der Waals surface area contributed by atoms with Crippen molar-refractivity contribution < 1.29 is 9.31 Å². The third kappa shape index (κ3) is 3.45. The molecule has 3 aromatic rings. The summed E-state index contributed by atoms with van der Waals surface area (Å²) in [6.07, 6.45) is 5.33. The highest BCUT2D eigenvalue weighted by Gasteiger charge is 2.22. The van der Waals surface area contributed by atoms with Gasteiger partial charge in [-0.15, -0.1) is 0 Å². The molecule has 0 radical (unpaired) electrons. The molecule has 4 rings (SSSR count). The first-order valence-electron chi connectivity index (χ1n) is 7.99. The summed E-state index contributed by atoms with van der Waals surface area (Å²) < 4.78 is 11.5. The number of imidazole rings is 1. The molecule has 2 aromatic heterocycles. The van der Waals surface area contributed by atoms with E-state index in [1.807, 2.05) is 0 Å². The van der Waals surface area contributed by atoms with Gasteiger partial charge in [0.1, 0.15) is 16.9 Å². The molecule has 1 N–H and O–H groups in total. The molecule has 6 nitrogen and oxygen atoms in total. The minimum atomic E-state index is -0.236. The molecule has 1 aromatic carbocycles. The molecule has 122 valence electrons. The molecule has 8 heteroatoms. The molecule has 0 saturated carbocycles. The van der Waals surface area contributed by atoms with E-state index in [2.05, 4.69) is 44.2 Å². The summed E-state index contributed by atoms with van der Waals surface area (Å²) in [4.78, 5) is 15.8. The fourth-order valence-electron chi connectivity index (χ4n) is 2.60. The zero-order valence-corrected chi connectivity index (χ0v) is 14.0. The highest BCUT2D eigenvalue weighted by Crippen LogP contribution is 2.25. The van der Waals surface area contributed by atoms with Crippen molar-refractivity contribution in [3.63, 3.8) is 0 Å². The number of hydrogen-bond donors (Lipinski definition) is 1. The largest absolute Gasteiger partial charge is 0.493 e. The van der Waals surface area contributed by atoms with Gasteiger partial charge in [-0.1, -0.05) is 36.0 Å². The van der Waals surface area contributed by atoms with Gasteiger partial charge in [-0.2, -0.15) is 0 Å². The van der Waals surface area contributed by atoms with Crippen molar-refractivity contribution >= 4 is 35.5 Å². The third-order valence-electron chi connectivity index (χ3n) is 3.89. The van der Waals surface area contributed by atoms with E-state index in [-0.39, 0.29) is 7.12 Å². The lowest BCUT2D eigenvalue weighted by Gasteiger charge is -2.11. The summed E-state index contributed by atoms with van der Waals surface area (Å²) in [5, 5.41) is 0.890. The van der Waals surface area contributed by atoms with Gasteiger partial charge in [-0.3, -0.25) is 0 Å². The van der Waals surface area contributed by atoms with Crippen LogP contribution in [0.15, 0.2) is 41.9 Å². The lowest BCUT2D eigenvalue weighted by atomic mass is 9.78. The number of hydrogen-bond acceptors (Lipinski definition) is 6. The predicted octanol–water partition coefficient (Wildman–Crippen LogP) is 2.17. The van der Waals surface area contributed by atoms with Gasteiger partial charge in [-0.05, 0) is 23.9 Å². The van der Waals surface area contributed by atoms with E-state index < -0.39 is 0 Å². The number of fused-ring (bicyclic) bond motifs is 1. The molecule has 0 spiro atoms. The number of thioether (sulfide) groups is 1. The fraction of sp³-hybridized carbons (Fsp3) is 0.312. The molecule has 1 aliphatic heterocycles. The highest BCUT2D eigenvalue weighted by molar-refractivity contribution is 7.98. The van der Waals surface area contributed by atoms with Crippen LogP contribution in [0.2, 0.25) is 0 Å². The maximum Gasteiger partial charge on any atom is 0.493 e. The van der Waals surface area contributed by atoms with Crippen LogP contribution < -0.4 is 5.46 Å². The van der Waals surface area contributed by atoms with Crippen LogP contribution in [0.5, 0.6) is 0 Å². The Hall–Kier alpha value is -1.90. The summed E-state index contributed by atoms with van der Waals surface area (Å²) in [6.45, 7) is 1.52. The lowest BCUT2D eigenvalue weighted by molar-refractivity contribution is 0.247. The normalized spacial score (nSPS) is 15.6. The van der Waals surface area contributed by atoms with E-state index in [1.54, 1.807) is 24.4 Å². The number of benzene rings is 1. The van der Waals surface area contributed by atoms with E-state index in [1.165, 1.54) is 5.56 Å². The summed E-state index contributed by atoms with van der Waals surface area (Å²) in [5.41, 5.74) is 3.88. The smallest absolute Gasteiger partial charge is 0.407 e. The van der Waals surface area contributed by atoms with E-state index in [0.717, 1.165) is 53.5 Å². The first-order chi connectivity index (χ1) is 11.9. The van der Waals surface area contributed by atoms with Crippen LogP contribution in [0.4, 0.5) is 0 Å². The molecule has 1 aliphatic rings. The van der Waals surface area contributed by atoms with Crippen molar-refractivity contribution in [2.75, 3.05) is 13.2 Å². The molecule has 0 aliphatic carbocycles. The van der Waals surface area contributed by atoms with Gasteiger partial charge in [0.25, 0.3) is 0 Å². The van der Waals surface area contributed by atoms with Gasteiger partial charge in [-0.25, -0.2) is 15.0 Å². The average molecular weight is 340 g/mol. The highest BCUT2D eigenvalue weighted by atomic mass is 32.2. The molecule has 3 heterocycles. The Balaban J connectivity index is 1.43. The van der Waals surface area contributed by atoms with Crippen molar-refractivity contribution in [1.82, 2.24) is 19.9 Å². The Kier molecular flexibility index (Phi) is 4.77. The van der Waals surface area contributed by atoms with Crippen LogP contribution in [0, 0.1) is 0 Å². The first-order valence-corrected chi connectivity index (χ1v) is 8.97. The number of nitrogens with one attached hydrogen (secondary N) is 1. The van der Waals surface area contributed by atoms with E-state index in [4.69, 9.17) is 9.31 Å². The topological polar surface area (TPSA) is 72.9 Å². The van der Waals surface area contributed by atoms with Crippen LogP contribution in [-0.4, -0.2) is 40.3 Å².